The Hall–Kier alpha value is -3.67. The standard InChI is InChI=1S/C24H17F5N6S/c25-13-3-5-17(26)15(10-13)20-2-1-8-34(20)21-7-9-35-23(33-21)16(12-30-35)22-31-18-6-4-14(11-19(18)32-22)36-24(27,28)29/h3-7,9-12,20H,1-2,8H2,(H,31,32)/t20-/m1/s1. The summed E-state index contributed by atoms with van der Waals surface area (Å²) in [6, 6.07) is 9.15. The number of benzene rings is 2. The lowest BCUT2D eigenvalue weighted by atomic mass is 10.0. The molecule has 0 radical (unpaired) electrons. The van der Waals surface area contributed by atoms with Gasteiger partial charge >= 0.3 is 5.51 Å². The highest BCUT2D eigenvalue weighted by atomic mass is 32.2. The molecule has 1 aliphatic heterocycles. The van der Waals surface area contributed by atoms with Crippen LogP contribution >= 0.6 is 11.8 Å². The second kappa shape index (κ2) is 8.47. The molecule has 1 atom stereocenters. The van der Waals surface area contributed by atoms with Crippen LogP contribution in [0.4, 0.5) is 27.8 Å². The number of rotatable bonds is 4. The molecule has 6 nitrogen and oxygen atoms in total. The minimum absolute atomic E-state index is 0.0510. The molecule has 0 amide bonds. The Labute approximate surface area is 205 Å². The molecule has 1 saturated heterocycles. The van der Waals surface area contributed by atoms with Crippen molar-refractivity contribution in [1.82, 2.24) is 24.6 Å². The maximum atomic E-state index is 14.5. The van der Waals surface area contributed by atoms with Crippen LogP contribution in [0.2, 0.25) is 0 Å². The summed E-state index contributed by atoms with van der Waals surface area (Å²) >= 11 is -0.191. The largest absolute Gasteiger partial charge is 0.446 e. The van der Waals surface area contributed by atoms with Crippen LogP contribution in [0.3, 0.4) is 0 Å². The van der Waals surface area contributed by atoms with Gasteiger partial charge in [0.25, 0.3) is 0 Å². The quantitative estimate of drug-likeness (QED) is 0.218. The Morgan fingerprint density at radius 1 is 1.03 bits per heavy atom. The summed E-state index contributed by atoms with van der Waals surface area (Å²) in [6.07, 6.45) is 4.74. The Balaban J connectivity index is 1.37. The topological polar surface area (TPSA) is 62.1 Å². The molecule has 184 valence electrons. The van der Waals surface area contributed by atoms with Crippen molar-refractivity contribution in [1.29, 1.82) is 0 Å². The number of H-pyrrole nitrogens is 1. The lowest BCUT2D eigenvalue weighted by molar-refractivity contribution is -0.0328. The van der Waals surface area contributed by atoms with Crippen LogP contribution in [-0.4, -0.2) is 36.6 Å². The molecule has 4 heterocycles. The van der Waals surface area contributed by atoms with Crippen molar-refractivity contribution >= 4 is 34.3 Å². The highest BCUT2D eigenvalue weighted by Crippen LogP contribution is 2.39. The number of anilines is 1. The van der Waals surface area contributed by atoms with Gasteiger partial charge in [-0.05, 0) is 67.1 Å². The SMILES string of the molecule is Fc1ccc(F)c([C@H]2CCCN2c2ccn3ncc(-c4nc5ccc(SC(F)(F)F)cc5[nH]4)c3n2)c1. The lowest BCUT2D eigenvalue weighted by Gasteiger charge is -2.26. The molecule has 1 aliphatic rings. The number of aromatic amines is 1. The molecular weight excluding hydrogens is 499 g/mol. The molecular formula is C24H17F5N6S. The smallest absolute Gasteiger partial charge is 0.349 e. The monoisotopic (exact) mass is 516 g/mol. The fourth-order valence-corrected chi connectivity index (χ4v) is 5.21. The van der Waals surface area contributed by atoms with Crippen LogP contribution in [0.5, 0.6) is 0 Å². The van der Waals surface area contributed by atoms with Crippen LogP contribution in [-0.2, 0) is 0 Å². The first-order valence-corrected chi connectivity index (χ1v) is 11.9. The van der Waals surface area contributed by atoms with E-state index in [9.17, 15) is 22.0 Å². The zero-order valence-electron chi connectivity index (χ0n) is 18.4. The number of alkyl halides is 3. The van der Waals surface area contributed by atoms with Crippen molar-refractivity contribution < 1.29 is 22.0 Å². The van der Waals surface area contributed by atoms with Crippen molar-refractivity contribution in [3.63, 3.8) is 0 Å². The zero-order valence-corrected chi connectivity index (χ0v) is 19.2. The van der Waals surface area contributed by atoms with Crippen molar-refractivity contribution in [2.24, 2.45) is 0 Å². The van der Waals surface area contributed by atoms with Gasteiger partial charge in [-0.15, -0.1) is 0 Å². The highest BCUT2D eigenvalue weighted by molar-refractivity contribution is 8.00. The zero-order chi connectivity index (χ0) is 25.0. The number of thioether (sulfide) groups is 1. The molecule has 1 fully saturated rings. The van der Waals surface area contributed by atoms with Crippen molar-refractivity contribution in [3.05, 3.63) is 72.1 Å². The van der Waals surface area contributed by atoms with E-state index in [2.05, 4.69) is 15.1 Å². The number of halogens is 5. The number of imidazole rings is 1. The molecule has 3 aromatic heterocycles. The molecule has 12 heteroatoms. The van der Waals surface area contributed by atoms with Gasteiger partial charge in [0.05, 0.1) is 28.8 Å². The molecule has 5 aromatic rings. The van der Waals surface area contributed by atoms with Crippen LogP contribution in [0, 0.1) is 11.6 Å². The first-order chi connectivity index (χ1) is 17.2. The number of nitrogens with one attached hydrogen (secondary N) is 1. The van der Waals surface area contributed by atoms with Crippen molar-refractivity contribution in [2.75, 3.05) is 11.4 Å². The van der Waals surface area contributed by atoms with Gasteiger partial charge in [0, 0.05) is 23.2 Å². The van der Waals surface area contributed by atoms with E-state index >= 15 is 0 Å². The van der Waals surface area contributed by atoms with Crippen LogP contribution < -0.4 is 4.90 Å². The average molecular weight is 516 g/mol. The minimum Gasteiger partial charge on any atom is -0.349 e. The van der Waals surface area contributed by atoms with E-state index in [1.54, 1.807) is 23.0 Å². The van der Waals surface area contributed by atoms with Gasteiger partial charge in [-0.2, -0.15) is 18.3 Å². The van der Waals surface area contributed by atoms with E-state index in [1.807, 2.05) is 4.90 Å². The van der Waals surface area contributed by atoms with Gasteiger partial charge in [-0.3, -0.25) is 0 Å². The Kier molecular flexibility index (Phi) is 5.36. The first-order valence-electron chi connectivity index (χ1n) is 11.1. The normalized spacial score (nSPS) is 16.5. The van der Waals surface area contributed by atoms with E-state index in [1.165, 1.54) is 24.3 Å². The van der Waals surface area contributed by atoms with Gasteiger partial charge in [-0.25, -0.2) is 23.3 Å². The van der Waals surface area contributed by atoms with Gasteiger partial charge in [0.15, 0.2) is 5.65 Å². The number of nitrogens with zero attached hydrogens (tertiary/aromatic N) is 5. The third-order valence-electron chi connectivity index (χ3n) is 6.16. The fraction of sp³-hybridized carbons (Fsp3) is 0.208. The summed E-state index contributed by atoms with van der Waals surface area (Å²) in [5, 5.41) is 4.32. The number of aromatic nitrogens is 5. The predicted molar refractivity (Wildman–Crippen MR) is 126 cm³/mol. The Bertz CT molecular complexity index is 1590. The Morgan fingerprint density at radius 2 is 1.89 bits per heavy atom. The van der Waals surface area contributed by atoms with E-state index in [0.717, 1.165) is 18.6 Å². The average Bonchev–Trinajstić information content (AvgIpc) is 3.56. The molecule has 2 aromatic carbocycles. The molecule has 0 bridgehead atoms. The van der Waals surface area contributed by atoms with E-state index in [4.69, 9.17) is 4.98 Å². The fourth-order valence-electron chi connectivity index (χ4n) is 4.63. The maximum absolute atomic E-state index is 14.5. The summed E-state index contributed by atoms with van der Waals surface area (Å²) in [5.41, 5.74) is -2.11. The first kappa shape index (κ1) is 22.8. The third kappa shape index (κ3) is 4.15. The molecule has 1 N–H and O–H groups in total. The minimum atomic E-state index is -4.39. The van der Waals surface area contributed by atoms with Crippen LogP contribution in [0.25, 0.3) is 28.1 Å². The summed E-state index contributed by atoms with van der Waals surface area (Å²) in [6.45, 7) is 0.623. The van der Waals surface area contributed by atoms with Gasteiger partial charge in [0.2, 0.25) is 0 Å². The maximum Gasteiger partial charge on any atom is 0.446 e. The van der Waals surface area contributed by atoms with Gasteiger partial charge in [-0.1, -0.05) is 0 Å². The van der Waals surface area contributed by atoms with Crippen LogP contribution in [0.15, 0.2) is 59.8 Å². The van der Waals surface area contributed by atoms with Crippen molar-refractivity contribution in [2.45, 2.75) is 29.3 Å². The van der Waals surface area contributed by atoms with Crippen molar-refractivity contribution in [3.8, 4) is 11.4 Å². The second-order valence-electron chi connectivity index (χ2n) is 8.44. The summed E-state index contributed by atoms with van der Waals surface area (Å²) in [4.78, 5) is 14.3. The number of hydrogen-bond acceptors (Lipinski definition) is 5. The Morgan fingerprint density at radius 3 is 2.72 bits per heavy atom. The van der Waals surface area contributed by atoms with E-state index < -0.39 is 17.1 Å². The molecule has 0 aliphatic carbocycles. The molecule has 0 saturated carbocycles. The second-order valence-corrected chi connectivity index (χ2v) is 9.58. The molecule has 6 rings (SSSR count). The lowest BCUT2D eigenvalue weighted by Crippen LogP contribution is -2.24. The number of fused-ring (bicyclic) bond motifs is 2. The number of hydrogen-bond donors (Lipinski definition) is 1. The predicted octanol–water partition coefficient (Wildman–Crippen LogP) is 6.50. The van der Waals surface area contributed by atoms with E-state index in [-0.39, 0.29) is 28.3 Å². The summed E-state index contributed by atoms with van der Waals surface area (Å²) < 4.78 is 68.2. The van der Waals surface area contributed by atoms with Crippen LogP contribution in [0.1, 0.15) is 24.4 Å². The van der Waals surface area contributed by atoms with Gasteiger partial charge < -0.3 is 9.88 Å². The molecule has 0 unspecified atom stereocenters. The summed E-state index contributed by atoms with van der Waals surface area (Å²) in [7, 11) is 0. The van der Waals surface area contributed by atoms with E-state index in [0.29, 0.717) is 46.9 Å². The van der Waals surface area contributed by atoms with Gasteiger partial charge in [0.1, 0.15) is 23.3 Å². The third-order valence-corrected chi connectivity index (χ3v) is 6.88. The molecule has 0 spiro atoms. The highest BCUT2D eigenvalue weighted by Gasteiger charge is 2.31. The molecule has 36 heavy (non-hydrogen) atoms. The summed E-state index contributed by atoms with van der Waals surface area (Å²) in [5.74, 6) is 0.0227.